The maximum absolute atomic E-state index is 11.6. The maximum Gasteiger partial charge on any atom is 0.334 e. The quantitative estimate of drug-likeness (QED) is 0.437. The number of carbonyl (C=O) groups excluding carboxylic acids is 1. The van der Waals surface area contributed by atoms with Gasteiger partial charge in [-0.2, -0.15) is 5.26 Å². The molecule has 0 aliphatic heterocycles. The molecule has 0 spiro atoms. The van der Waals surface area contributed by atoms with Crippen molar-refractivity contribution in [3.8, 4) is 6.07 Å². The summed E-state index contributed by atoms with van der Waals surface area (Å²) in [7, 11) is 0. The van der Waals surface area contributed by atoms with Crippen LogP contribution in [0.2, 0.25) is 0 Å². The van der Waals surface area contributed by atoms with Gasteiger partial charge in [0.2, 0.25) is 0 Å². The lowest BCUT2D eigenvalue weighted by molar-refractivity contribution is -0.138. The van der Waals surface area contributed by atoms with Gasteiger partial charge in [0, 0.05) is 5.57 Å². The Morgan fingerprint density at radius 2 is 2.11 bits per heavy atom. The third-order valence-electron chi connectivity index (χ3n) is 2.71. The fourth-order valence-electron chi connectivity index (χ4n) is 1.64. The van der Waals surface area contributed by atoms with Gasteiger partial charge in [-0.25, -0.2) is 4.79 Å². The molecule has 0 saturated carbocycles. The molecule has 1 unspecified atom stereocenters. The van der Waals surface area contributed by atoms with Gasteiger partial charge in [0.25, 0.3) is 0 Å². The van der Waals surface area contributed by atoms with Crippen molar-refractivity contribution >= 4 is 17.6 Å². The minimum Gasteiger partial charge on any atom is -0.461 e. The molecular weight excluding hydrogens is 262 g/mol. The molecule has 0 amide bonds. The number of ether oxygens (including phenoxy) is 1. The highest BCUT2D eigenvalue weighted by molar-refractivity contribution is 6.18. The van der Waals surface area contributed by atoms with E-state index in [1.54, 1.807) is 0 Å². The second kappa shape index (κ2) is 8.34. The minimum absolute atomic E-state index is 0.135. The topological polar surface area (TPSA) is 50.1 Å². The largest absolute Gasteiger partial charge is 0.461 e. The molecule has 1 aromatic rings. The van der Waals surface area contributed by atoms with E-state index < -0.39 is 11.9 Å². The Hall–Kier alpha value is -1.79. The third kappa shape index (κ3) is 5.15. The van der Waals surface area contributed by atoms with E-state index in [0.717, 1.165) is 12.0 Å². The van der Waals surface area contributed by atoms with Crippen LogP contribution in [0.4, 0.5) is 0 Å². The lowest BCUT2D eigenvalue weighted by atomic mass is 9.94. The predicted octanol–water partition coefficient (Wildman–Crippen LogP) is 3.10. The van der Waals surface area contributed by atoms with E-state index in [1.807, 2.05) is 30.3 Å². The van der Waals surface area contributed by atoms with Crippen LogP contribution in [-0.2, 0) is 16.0 Å². The van der Waals surface area contributed by atoms with Crippen molar-refractivity contribution in [2.24, 2.45) is 5.92 Å². The molecule has 0 saturated heterocycles. The minimum atomic E-state index is -0.541. The highest BCUT2D eigenvalue weighted by Crippen LogP contribution is 2.17. The van der Waals surface area contributed by atoms with E-state index in [1.165, 1.54) is 0 Å². The zero-order valence-corrected chi connectivity index (χ0v) is 11.4. The van der Waals surface area contributed by atoms with Gasteiger partial charge >= 0.3 is 5.97 Å². The fraction of sp³-hybridized carbons (Fsp3) is 0.333. The van der Waals surface area contributed by atoms with Gasteiger partial charge in [-0.05, 0) is 18.4 Å². The number of nitrogens with zero attached hydrogens (tertiary/aromatic N) is 1. The Labute approximate surface area is 118 Å². The average Bonchev–Trinajstić information content (AvgIpc) is 2.46. The van der Waals surface area contributed by atoms with Crippen molar-refractivity contribution in [2.45, 2.75) is 12.8 Å². The van der Waals surface area contributed by atoms with E-state index in [2.05, 4.69) is 12.6 Å². The van der Waals surface area contributed by atoms with Gasteiger partial charge in [-0.1, -0.05) is 36.9 Å². The number of benzene rings is 1. The fourth-order valence-corrected chi connectivity index (χ4v) is 1.72. The van der Waals surface area contributed by atoms with Crippen LogP contribution in [0, 0.1) is 17.2 Å². The average molecular weight is 278 g/mol. The van der Waals surface area contributed by atoms with E-state index in [-0.39, 0.29) is 18.1 Å². The van der Waals surface area contributed by atoms with E-state index >= 15 is 0 Å². The molecule has 0 aromatic heterocycles. The van der Waals surface area contributed by atoms with Gasteiger partial charge in [0.1, 0.15) is 6.61 Å². The zero-order chi connectivity index (χ0) is 14.1. The van der Waals surface area contributed by atoms with Crippen molar-refractivity contribution in [3.63, 3.8) is 0 Å². The summed E-state index contributed by atoms with van der Waals surface area (Å²) in [5, 5.41) is 9.10. The monoisotopic (exact) mass is 277 g/mol. The standard InChI is InChI=1S/C15H16ClNO2/c1-12(15(18)19-10-9-16)14(11-17)8-7-13-5-3-2-4-6-13/h2-6,14H,1,7-10H2. The van der Waals surface area contributed by atoms with Crippen LogP contribution in [0.1, 0.15) is 12.0 Å². The Kier molecular flexibility index (Phi) is 6.70. The Morgan fingerprint density at radius 3 is 2.68 bits per heavy atom. The molecule has 0 radical (unpaired) electrons. The van der Waals surface area contributed by atoms with Crippen LogP contribution in [-0.4, -0.2) is 18.5 Å². The van der Waals surface area contributed by atoms with Crippen LogP contribution in [0.15, 0.2) is 42.5 Å². The summed E-state index contributed by atoms with van der Waals surface area (Å²) >= 11 is 5.43. The molecule has 19 heavy (non-hydrogen) atoms. The molecule has 0 bridgehead atoms. The molecule has 0 N–H and O–H groups in total. The van der Waals surface area contributed by atoms with Gasteiger partial charge in [0.15, 0.2) is 0 Å². The molecule has 1 aromatic carbocycles. The first-order chi connectivity index (χ1) is 9.19. The van der Waals surface area contributed by atoms with Crippen molar-refractivity contribution in [1.29, 1.82) is 5.26 Å². The van der Waals surface area contributed by atoms with Gasteiger partial charge < -0.3 is 4.74 Å². The van der Waals surface area contributed by atoms with E-state index in [9.17, 15) is 4.79 Å². The highest BCUT2D eigenvalue weighted by atomic mass is 35.5. The van der Waals surface area contributed by atoms with Gasteiger partial charge in [0.05, 0.1) is 17.9 Å². The van der Waals surface area contributed by atoms with Crippen molar-refractivity contribution in [2.75, 3.05) is 12.5 Å². The van der Waals surface area contributed by atoms with Crippen LogP contribution in [0.5, 0.6) is 0 Å². The normalized spacial score (nSPS) is 11.4. The maximum atomic E-state index is 11.6. The summed E-state index contributed by atoms with van der Waals surface area (Å²) in [4.78, 5) is 11.6. The number of halogens is 1. The lowest BCUT2D eigenvalue weighted by Crippen LogP contribution is -2.16. The molecule has 100 valence electrons. The van der Waals surface area contributed by atoms with Crippen LogP contribution >= 0.6 is 11.6 Å². The second-order valence-corrected chi connectivity index (χ2v) is 4.43. The van der Waals surface area contributed by atoms with Crippen LogP contribution in [0.3, 0.4) is 0 Å². The Bertz CT molecular complexity index is 465. The molecule has 0 aliphatic carbocycles. The molecule has 1 rings (SSSR count). The molecule has 4 heteroatoms. The first-order valence-electron chi connectivity index (χ1n) is 6.04. The number of carbonyl (C=O) groups is 1. The molecule has 3 nitrogen and oxygen atoms in total. The number of hydrogen-bond acceptors (Lipinski definition) is 3. The summed E-state index contributed by atoms with van der Waals surface area (Å²) in [6, 6.07) is 11.9. The molecule has 0 fully saturated rings. The summed E-state index contributed by atoms with van der Waals surface area (Å²) < 4.78 is 4.87. The SMILES string of the molecule is C=C(C(=O)OCCCl)C(C#N)CCc1ccccc1. The number of nitriles is 1. The number of hydrogen-bond donors (Lipinski definition) is 0. The van der Waals surface area contributed by atoms with Crippen molar-refractivity contribution in [3.05, 3.63) is 48.0 Å². The number of rotatable bonds is 7. The molecule has 0 aliphatic rings. The van der Waals surface area contributed by atoms with Gasteiger partial charge in [-0.3, -0.25) is 0 Å². The zero-order valence-electron chi connectivity index (χ0n) is 10.6. The summed E-state index contributed by atoms with van der Waals surface area (Å²) in [6.07, 6.45) is 1.27. The molecular formula is C15H16ClNO2. The Morgan fingerprint density at radius 1 is 1.42 bits per heavy atom. The molecule has 1 atom stereocenters. The van der Waals surface area contributed by atoms with E-state index in [4.69, 9.17) is 21.6 Å². The third-order valence-corrected chi connectivity index (χ3v) is 2.87. The van der Waals surface area contributed by atoms with Crippen molar-refractivity contribution < 1.29 is 9.53 Å². The summed E-state index contributed by atoms with van der Waals surface area (Å²) in [5.41, 5.74) is 1.33. The predicted molar refractivity (Wildman–Crippen MR) is 74.7 cm³/mol. The first-order valence-corrected chi connectivity index (χ1v) is 6.58. The van der Waals surface area contributed by atoms with E-state index in [0.29, 0.717) is 6.42 Å². The van der Waals surface area contributed by atoms with Gasteiger partial charge in [-0.15, -0.1) is 11.6 Å². The first kappa shape index (κ1) is 15.3. The number of aryl methyl sites for hydroxylation is 1. The van der Waals surface area contributed by atoms with Crippen LogP contribution in [0.25, 0.3) is 0 Å². The molecule has 0 heterocycles. The summed E-state index contributed by atoms with van der Waals surface area (Å²) in [6.45, 7) is 3.79. The summed E-state index contributed by atoms with van der Waals surface area (Å²) in [5.74, 6) is -0.830. The Balaban J connectivity index is 2.52. The van der Waals surface area contributed by atoms with Crippen LogP contribution < -0.4 is 0 Å². The highest BCUT2D eigenvalue weighted by Gasteiger charge is 2.19. The number of alkyl halides is 1. The number of esters is 1. The second-order valence-electron chi connectivity index (χ2n) is 4.06. The smallest absolute Gasteiger partial charge is 0.334 e. The van der Waals surface area contributed by atoms with Crippen molar-refractivity contribution in [1.82, 2.24) is 0 Å². The lowest BCUT2D eigenvalue weighted by Gasteiger charge is -2.11.